The monoisotopic (exact) mass is 505 g/mol. The second kappa shape index (κ2) is 10.0. The number of rotatable bonds is 7. The fourth-order valence-electron chi connectivity index (χ4n) is 6.50. The average Bonchev–Trinajstić information content (AvgIpc) is 3.08. The molecule has 5 aliphatic rings. The maximum absolute atomic E-state index is 13.0. The molecule has 8 atom stereocenters. The molecule has 8 nitrogen and oxygen atoms in total. The van der Waals surface area contributed by atoms with E-state index in [2.05, 4.69) is 12.2 Å². The van der Waals surface area contributed by atoms with E-state index < -0.39 is 29.9 Å². The molecule has 5 fully saturated rings. The van der Waals surface area contributed by atoms with Crippen LogP contribution < -0.4 is 5.32 Å². The molecule has 9 heteroatoms. The third-order valence-electron chi connectivity index (χ3n) is 8.55. The summed E-state index contributed by atoms with van der Waals surface area (Å²) in [6, 6.07) is 6.15. The Morgan fingerprint density at radius 3 is 2.64 bits per heavy atom. The number of ether oxygens (including phenoxy) is 3. The fourth-order valence-corrected chi connectivity index (χ4v) is 6.50. The number of hydrogen-bond acceptors (Lipinski definition) is 7. The lowest BCUT2D eigenvalue weighted by Gasteiger charge is -2.59. The second-order valence-electron chi connectivity index (χ2n) is 11.0. The molecule has 1 saturated carbocycles. The lowest BCUT2D eigenvalue weighted by atomic mass is 9.58. The van der Waals surface area contributed by atoms with E-state index in [1.807, 2.05) is 13.8 Å². The summed E-state index contributed by atoms with van der Waals surface area (Å²) in [5.74, 6) is -1.27. The Kier molecular flexibility index (Phi) is 7.11. The first-order valence-electron chi connectivity index (χ1n) is 13.1. The van der Waals surface area contributed by atoms with Crippen molar-refractivity contribution in [2.45, 2.75) is 89.7 Å². The predicted octanol–water partition coefficient (Wildman–Crippen LogP) is 4.02. The first kappa shape index (κ1) is 25.6. The number of halogens is 1. The molecule has 0 radical (unpaired) electrons. The minimum absolute atomic E-state index is 0.0191. The largest absolute Gasteiger partial charge is 0.435 e. The van der Waals surface area contributed by atoms with E-state index in [4.69, 9.17) is 24.0 Å². The van der Waals surface area contributed by atoms with Crippen LogP contribution in [-0.4, -0.2) is 42.4 Å². The third-order valence-corrected chi connectivity index (χ3v) is 8.55. The molecule has 1 aliphatic carbocycles. The molecule has 4 aliphatic heterocycles. The van der Waals surface area contributed by atoms with Crippen molar-refractivity contribution >= 4 is 11.9 Å². The Labute approximate surface area is 211 Å². The molecule has 36 heavy (non-hydrogen) atoms. The van der Waals surface area contributed by atoms with Crippen LogP contribution in [0.25, 0.3) is 0 Å². The van der Waals surface area contributed by atoms with Crippen LogP contribution >= 0.6 is 0 Å². The van der Waals surface area contributed by atoms with Gasteiger partial charge in [0.1, 0.15) is 5.82 Å². The van der Waals surface area contributed by atoms with Crippen molar-refractivity contribution in [2.75, 3.05) is 6.54 Å². The van der Waals surface area contributed by atoms with Gasteiger partial charge in [0.05, 0.1) is 6.42 Å². The molecule has 1 N–H and O–H groups in total. The van der Waals surface area contributed by atoms with Crippen LogP contribution in [0.2, 0.25) is 0 Å². The second-order valence-corrected chi connectivity index (χ2v) is 11.0. The molecular formula is C27H36FNO7. The van der Waals surface area contributed by atoms with E-state index in [0.29, 0.717) is 25.3 Å². The van der Waals surface area contributed by atoms with Crippen molar-refractivity contribution < 1.29 is 38.0 Å². The van der Waals surface area contributed by atoms with Gasteiger partial charge >= 0.3 is 5.97 Å². The molecule has 1 amide bonds. The Balaban J connectivity index is 1.15. The van der Waals surface area contributed by atoms with Crippen LogP contribution in [0, 0.1) is 29.5 Å². The Bertz CT molecular complexity index is 973. The zero-order valence-electron chi connectivity index (χ0n) is 21.2. The molecule has 0 unspecified atom stereocenters. The summed E-state index contributed by atoms with van der Waals surface area (Å²) >= 11 is 0. The van der Waals surface area contributed by atoms with Gasteiger partial charge in [-0.2, -0.15) is 0 Å². The molecule has 198 valence electrons. The van der Waals surface area contributed by atoms with Gasteiger partial charge in [-0.3, -0.25) is 9.59 Å². The number of esters is 1. The van der Waals surface area contributed by atoms with Crippen molar-refractivity contribution in [3.05, 3.63) is 35.6 Å². The van der Waals surface area contributed by atoms with Gasteiger partial charge in [0.15, 0.2) is 11.9 Å². The van der Waals surface area contributed by atoms with Gasteiger partial charge in [0.25, 0.3) is 0 Å². The summed E-state index contributed by atoms with van der Waals surface area (Å²) in [5.41, 5.74) is 0.217. The van der Waals surface area contributed by atoms with E-state index in [1.54, 1.807) is 12.1 Å². The zero-order valence-corrected chi connectivity index (χ0v) is 21.2. The van der Waals surface area contributed by atoms with E-state index in [0.717, 1.165) is 24.8 Å². The summed E-state index contributed by atoms with van der Waals surface area (Å²) in [6.07, 6.45) is 2.71. The van der Waals surface area contributed by atoms with E-state index in [9.17, 15) is 14.0 Å². The lowest BCUT2D eigenvalue weighted by molar-refractivity contribution is -0.576. The van der Waals surface area contributed by atoms with Crippen LogP contribution in [0.5, 0.6) is 0 Å². The van der Waals surface area contributed by atoms with Crippen LogP contribution in [0.3, 0.4) is 0 Å². The van der Waals surface area contributed by atoms with Crippen molar-refractivity contribution in [3.8, 4) is 0 Å². The SMILES string of the molecule is C[C@H]1[C@H](OC(=O)CCC(=O)NCCc2ccc(F)cc2)O[C@H]2O[C@@]3(C)CC[C@H]4[C@@H](C)CC[C@H]1[C@]24OO3. The van der Waals surface area contributed by atoms with Crippen molar-refractivity contribution in [1.82, 2.24) is 5.32 Å². The van der Waals surface area contributed by atoms with Gasteiger partial charge in [0.2, 0.25) is 18.0 Å². The molecular weight excluding hydrogens is 469 g/mol. The summed E-state index contributed by atoms with van der Waals surface area (Å²) in [7, 11) is 0. The zero-order chi connectivity index (χ0) is 25.5. The number of benzene rings is 1. The summed E-state index contributed by atoms with van der Waals surface area (Å²) in [5, 5.41) is 2.79. The number of nitrogens with one attached hydrogen (secondary N) is 1. The first-order valence-corrected chi connectivity index (χ1v) is 13.1. The number of carbonyl (C=O) groups excluding carboxylic acids is 2. The number of hydrogen-bond donors (Lipinski definition) is 1. The molecule has 1 spiro atoms. The summed E-state index contributed by atoms with van der Waals surface area (Å²) in [4.78, 5) is 36.8. The Morgan fingerprint density at radius 2 is 1.86 bits per heavy atom. The normalized spacial score (nSPS) is 39.1. The number of fused-ring (bicyclic) bond motifs is 2. The fraction of sp³-hybridized carbons (Fsp3) is 0.704. The van der Waals surface area contributed by atoms with E-state index in [-0.39, 0.29) is 42.3 Å². The highest BCUT2D eigenvalue weighted by Gasteiger charge is 2.69. The molecule has 4 heterocycles. The van der Waals surface area contributed by atoms with Crippen LogP contribution in [0.15, 0.2) is 24.3 Å². The van der Waals surface area contributed by atoms with Crippen LogP contribution in [0.4, 0.5) is 4.39 Å². The molecule has 1 aromatic rings. The summed E-state index contributed by atoms with van der Waals surface area (Å²) in [6.45, 7) is 6.53. The molecule has 6 rings (SSSR count). The van der Waals surface area contributed by atoms with Crippen molar-refractivity contribution in [2.24, 2.45) is 23.7 Å². The van der Waals surface area contributed by atoms with Gasteiger partial charge in [-0.1, -0.05) is 26.0 Å². The van der Waals surface area contributed by atoms with Gasteiger partial charge in [-0.25, -0.2) is 14.2 Å². The van der Waals surface area contributed by atoms with Crippen molar-refractivity contribution in [1.29, 1.82) is 0 Å². The van der Waals surface area contributed by atoms with Crippen molar-refractivity contribution in [3.63, 3.8) is 0 Å². The molecule has 2 bridgehead atoms. The molecule has 4 saturated heterocycles. The molecule has 0 aromatic heterocycles. The lowest BCUT2D eigenvalue weighted by Crippen LogP contribution is -2.70. The number of carbonyl (C=O) groups is 2. The smallest absolute Gasteiger partial charge is 0.308 e. The van der Waals surface area contributed by atoms with Gasteiger partial charge in [-0.15, -0.1) is 0 Å². The van der Waals surface area contributed by atoms with E-state index >= 15 is 0 Å². The number of amides is 1. The predicted molar refractivity (Wildman–Crippen MR) is 125 cm³/mol. The minimum Gasteiger partial charge on any atom is -0.435 e. The Morgan fingerprint density at radius 1 is 1.08 bits per heavy atom. The Hall–Kier alpha value is -2.07. The topological polar surface area (TPSA) is 92.3 Å². The highest BCUT2D eigenvalue weighted by atomic mass is 19.1. The average molecular weight is 506 g/mol. The maximum Gasteiger partial charge on any atom is 0.308 e. The molecule has 1 aromatic carbocycles. The highest BCUT2D eigenvalue weighted by Crippen LogP contribution is 2.60. The van der Waals surface area contributed by atoms with Gasteiger partial charge in [0, 0.05) is 31.2 Å². The first-order chi connectivity index (χ1) is 17.2. The quantitative estimate of drug-likeness (QED) is 0.442. The summed E-state index contributed by atoms with van der Waals surface area (Å²) < 4.78 is 31.3. The third kappa shape index (κ3) is 4.78. The minimum atomic E-state index is -0.890. The highest BCUT2D eigenvalue weighted by molar-refractivity contribution is 5.81. The van der Waals surface area contributed by atoms with Gasteiger partial charge < -0.3 is 19.5 Å². The van der Waals surface area contributed by atoms with Crippen LogP contribution in [-0.2, 0) is 40.0 Å². The van der Waals surface area contributed by atoms with Crippen LogP contribution in [0.1, 0.15) is 64.9 Å². The van der Waals surface area contributed by atoms with E-state index in [1.165, 1.54) is 12.1 Å². The standard InChI is InChI=1S/C27H36FNO7/c1-16-4-9-21-17(2)24(33-25-27(21)20(16)12-14-26(3,34-25)35-36-27)32-23(31)11-10-22(30)29-15-13-18-5-7-19(28)8-6-18/h5-8,16-17,20-21,24-25H,4,9-15H2,1-3H3,(H,29,30)/t16-,17+,20-,21+,24+,25-,26+,27-/m0/s1. The van der Waals surface area contributed by atoms with Gasteiger partial charge in [-0.05, 0) is 62.1 Å². The maximum atomic E-state index is 13.0.